The molecule has 0 heterocycles. The summed E-state index contributed by atoms with van der Waals surface area (Å²) in [6, 6.07) is 0. The molecule has 0 atom stereocenters. The molecule has 17 heavy (non-hydrogen) atoms. The number of hydrogen-bond acceptors (Lipinski definition) is 1. The summed E-state index contributed by atoms with van der Waals surface area (Å²) in [5.74, 6) is 1.36. The Labute approximate surface area is 113 Å². The maximum absolute atomic E-state index is 2.47. The van der Waals surface area contributed by atoms with Gasteiger partial charge in [-0.2, -0.15) is 0 Å². The molecule has 0 fully saturated rings. The van der Waals surface area contributed by atoms with Gasteiger partial charge in [-0.25, -0.2) is 0 Å². The molecule has 0 N–H and O–H groups in total. The highest BCUT2D eigenvalue weighted by molar-refractivity contribution is 8.03. The van der Waals surface area contributed by atoms with E-state index < -0.39 is 0 Å². The average molecular weight is 254 g/mol. The predicted molar refractivity (Wildman–Crippen MR) is 81.6 cm³/mol. The van der Waals surface area contributed by atoms with Crippen molar-refractivity contribution in [2.45, 2.75) is 84.0 Å². The second-order valence-corrected chi connectivity index (χ2v) is 6.46. The molecule has 0 aliphatic heterocycles. The van der Waals surface area contributed by atoms with Gasteiger partial charge in [0.25, 0.3) is 0 Å². The normalized spacial score (nSPS) is 15.9. The summed E-state index contributed by atoms with van der Waals surface area (Å²) in [4.78, 5) is 1.68. The molecule has 0 aromatic carbocycles. The third-order valence-corrected chi connectivity index (χ3v) is 4.77. The number of unbranched alkanes of at least 4 members (excludes halogenated alkanes) is 7. The van der Waals surface area contributed by atoms with Gasteiger partial charge in [0.2, 0.25) is 0 Å². The maximum Gasteiger partial charge on any atom is -0.00234 e. The van der Waals surface area contributed by atoms with Crippen LogP contribution in [0.1, 0.15) is 84.0 Å². The van der Waals surface area contributed by atoms with Crippen molar-refractivity contribution in [3.8, 4) is 0 Å². The van der Waals surface area contributed by atoms with E-state index in [1.807, 2.05) is 0 Å². The van der Waals surface area contributed by atoms with Crippen molar-refractivity contribution in [1.29, 1.82) is 0 Å². The monoisotopic (exact) mass is 254 g/mol. The Bertz CT molecular complexity index is 196. The molecule has 1 aliphatic carbocycles. The number of thioether (sulfide) groups is 1. The Kier molecular flexibility index (Phi) is 9.98. The summed E-state index contributed by atoms with van der Waals surface area (Å²) < 4.78 is 0. The van der Waals surface area contributed by atoms with Crippen LogP contribution in [-0.2, 0) is 0 Å². The van der Waals surface area contributed by atoms with Crippen molar-refractivity contribution in [3.05, 3.63) is 11.0 Å². The fraction of sp³-hybridized carbons (Fsp3) is 0.875. The van der Waals surface area contributed by atoms with Crippen molar-refractivity contribution in [1.82, 2.24) is 0 Å². The predicted octanol–water partition coefficient (Wildman–Crippen LogP) is 6.32. The fourth-order valence-corrected chi connectivity index (χ4v) is 3.51. The first-order chi connectivity index (χ1) is 8.43. The summed E-state index contributed by atoms with van der Waals surface area (Å²) in [7, 11) is 0. The van der Waals surface area contributed by atoms with Crippen molar-refractivity contribution in [2.24, 2.45) is 0 Å². The molecule has 0 nitrogen and oxygen atoms in total. The molecule has 1 heteroatoms. The van der Waals surface area contributed by atoms with Crippen LogP contribution in [0.25, 0.3) is 0 Å². The Hall–Kier alpha value is 0.0900. The highest BCUT2D eigenvalue weighted by atomic mass is 32.2. The van der Waals surface area contributed by atoms with Crippen molar-refractivity contribution in [3.63, 3.8) is 0 Å². The minimum absolute atomic E-state index is 1.33. The molecular formula is C16H30S. The number of allylic oxidation sites excluding steroid dienone is 2. The Morgan fingerprint density at radius 3 is 2.29 bits per heavy atom. The second kappa shape index (κ2) is 11.2. The lowest BCUT2D eigenvalue weighted by molar-refractivity contribution is 0.586. The first-order valence-corrected chi connectivity index (χ1v) is 8.74. The van der Waals surface area contributed by atoms with Crippen LogP contribution in [0.5, 0.6) is 0 Å². The molecular weight excluding hydrogens is 224 g/mol. The molecule has 0 radical (unpaired) electrons. The zero-order valence-electron chi connectivity index (χ0n) is 11.7. The van der Waals surface area contributed by atoms with E-state index >= 15 is 0 Å². The fourth-order valence-electron chi connectivity index (χ4n) is 2.38. The third-order valence-electron chi connectivity index (χ3n) is 3.53. The quantitative estimate of drug-likeness (QED) is 0.411. The van der Waals surface area contributed by atoms with E-state index in [2.05, 4.69) is 24.8 Å². The van der Waals surface area contributed by atoms with Crippen LogP contribution >= 0.6 is 11.8 Å². The van der Waals surface area contributed by atoms with Crippen molar-refractivity contribution in [2.75, 3.05) is 5.75 Å². The summed E-state index contributed by atoms with van der Waals surface area (Å²) in [5.41, 5.74) is 0. The molecule has 1 aliphatic rings. The topological polar surface area (TPSA) is 0 Å². The van der Waals surface area contributed by atoms with Gasteiger partial charge in [0, 0.05) is 0 Å². The van der Waals surface area contributed by atoms with Crippen LogP contribution in [0, 0.1) is 0 Å². The van der Waals surface area contributed by atoms with E-state index in [0.29, 0.717) is 0 Å². The summed E-state index contributed by atoms with van der Waals surface area (Å²) in [6.45, 7) is 2.29. The first kappa shape index (κ1) is 15.1. The lowest BCUT2D eigenvalue weighted by Gasteiger charge is -2.11. The van der Waals surface area contributed by atoms with E-state index in [1.165, 1.54) is 82.8 Å². The Balaban J connectivity index is 1.79. The van der Waals surface area contributed by atoms with Gasteiger partial charge in [-0.15, -0.1) is 11.8 Å². The van der Waals surface area contributed by atoms with Crippen molar-refractivity contribution < 1.29 is 0 Å². The molecule has 100 valence electrons. The maximum atomic E-state index is 2.47. The highest BCUT2D eigenvalue weighted by Crippen LogP contribution is 2.28. The molecule has 0 spiro atoms. The number of hydrogen-bond donors (Lipinski definition) is 0. The van der Waals surface area contributed by atoms with Crippen LogP contribution < -0.4 is 0 Å². The molecule has 0 unspecified atom stereocenters. The van der Waals surface area contributed by atoms with Crippen LogP contribution in [0.3, 0.4) is 0 Å². The van der Waals surface area contributed by atoms with E-state index in [4.69, 9.17) is 0 Å². The SMILES string of the molecule is CCCCCCCCCCSC1=CCCCC1. The molecule has 0 amide bonds. The van der Waals surface area contributed by atoms with Crippen LogP contribution in [0.2, 0.25) is 0 Å². The van der Waals surface area contributed by atoms with Crippen LogP contribution in [0.15, 0.2) is 11.0 Å². The van der Waals surface area contributed by atoms with Gasteiger partial charge in [0.05, 0.1) is 0 Å². The van der Waals surface area contributed by atoms with E-state index in [9.17, 15) is 0 Å². The van der Waals surface area contributed by atoms with Gasteiger partial charge in [0.1, 0.15) is 0 Å². The minimum Gasteiger partial charge on any atom is -0.131 e. The molecule has 0 aromatic heterocycles. The molecule has 0 saturated carbocycles. The summed E-state index contributed by atoms with van der Waals surface area (Å²) in [6.07, 6.45) is 19.5. The zero-order chi connectivity index (χ0) is 12.2. The molecule has 0 bridgehead atoms. The van der Waals surface area contributed by atoms with Crippen LogP contribution in [0.4, 0.5) is 0 Å². The standard InChI is InChI=1S/C16H30S/c1-2-3-4-5-6-7-8-12-15-17-16-13-10-9-11-14-16/h13H,2-12,14-15H2,1H3. The first-order valence-electron chi connectivity index (χ1n) is 7.75. The van der Waals surface area contributed by atoms with Gasteiger partial charge in [-0.05, 0) is 42.8 Å². The van der Waals surface area contributed by atoms with Crippen LogP contribution in [-0.4, -0.2) is 5.75 Å². The second-order valence-electron chi connectivity index (χ2n) is 5.24. The highest BCUT2D eigenvalue weighted by Gasteiger charge is 2.03. The lowest BCUT2D eigenvalue weighted by atomic mass is 10.1. The van der Waals surface area contributed by atoms with Gasteiger partial charge >= 0.3 is 0 Å². The average Bonchev–Trinajstić information content (AvgIpc) is 2.38. The number of rotatable bonds is 10. The van der Waals surface area contributed by atoms with Gasteiger partial charge in [-0.3, -0.25) is 0 Å². The third kappa shape index (κ3) is 8.77. The largest absolute Gasteiger partial charge is 0.131 e. The Morgan fingerprint density at radius 1 is 0.941 bits per heavy atom. The van der Waals surface area contributed by atoms with Crippen molar-refractivity contribution >= 4 is 11.8 Å². The Morgan fingerprint density at radius 2 is 1.65 bits per heavy atom. The summed E-state index contributed by atoms with van der Waals surface area (Å²) in [5, 5.41) is 0. The molecule has 0 aromatic rings. The summed E-state index contributed by atoms with van der Waals surface area (Å²) >= 11 is 2.13. The molecule has 0 saturated heterocycles. The molecule has 1 rings (SSSR count). The minimum atomic E-state index is 1.33. The zero-order valence-corrected chi connectivity index (χ0v) is 12.5. The van der Waals surface area contributed by atoms with Gasteiger partial charge in [-0.1, -0.05) is 57.9 Å². The van der Waals surface area contributed by atoms with Gasteiger partial charge < -0.3 is 0 Å². The van der Waals surface area contributed by atoms with E-state index in [-0.39, 0.29) is 0 Å². The smallest absolute Gasteiger partial charge is 0.00234 e. The van der Waals surface area contributed by atoms with E-state index in [0.717, 1.165) is 0 Å². The lowest BCUT2D eigenvalue weighted by Crippen LogP contribution is -1.90. The van der Waals surface area contributed by atoms with E-state index in [1.54, 1.807) is 4.91 Å². The van der Waals surface area contributed by atoms with Gasteiger partial charge in [0.15, 0.2) is 0 Å².